The van der Waals surface area contributed by atoms with Crippen molar-refractivity contribution in [2.45, 2.75) is 104 Å². The van der Waals surface area contributed by atoms with Crippen molar-refractivity contribution >= 4 is 0 Å². The summed E-state index contributed by atoms with van der Waals surface area (Å²) in [6, 6.07) is 0. The predicted molar refractivity (Wildman–Crippen MR) is 124 cm³/mol. The lowest BCUT2D eigenvalue weighted by atomic mass is 9.43. The Labute approximate surface area is 189 Å². The molecule has 1 N–H and O–H groups in total. The van der Waals surface area contributed by atoms with Crippen molar-refractivity contribution in [1.82, 2.24) is 0 Å². The summed E-state index contributed by atoms with van der Waals surface area (Å²) >= 11 is 0. The van der Waals surface area contributed by atoms with E-state index in [4.69, 9.17) is 9.78 Å². The summed E-state index contributed by atoms with van der Waals surface area (Å²) < 4.78 is 0. The molecule has 2 aliphatic heterocycles. The normalized spacial score (nSPS) is 52.8. The highest BCUT2D eigenvalue weighted by Gasteiger charge is 2.74. The fourth-order valence-corrected chi connectivity index (χ4v) is 8.71. The van der Waals surface area contributed by atoms with Crippen LogP contribution in [-0.4, -0.2) is 22.4 Å². The molecule has 6 aliphatic rings. The third-order valence-corrected chi connectivity index (χ3v) is 11.1. The summed E-state index contributed by atoms with van der Waals surface area (Å²) in [5, 5.41) is 10.4. The van der Waals surface area contributed by atoms with Gasteiger partial charge in [-0.1, -0.05) is 59.8 Å². The summed E-state index contributed by atoms with van der Waals surface area (Å²) in [6.07, 6.45) is 17.0. The van der Waals surface area contributed by atoms with Crippen LogP contribution in [0.4, 0.5) is 0 Å². The van der Waals surface area contributed by atoms with Crippen LogP contribution in [0.15, 0.2) is 24.3 Å². The first-order valence-corrected chi connectivity index (χ1v) is 13.0. The largest absolute Gasteiger partial charge is 0.393 e. The zero-order valence-corrected chi connectivity index (χ0v) is 20.6. The van der Waals surface area contributed by atoms with Crippen molar-refractivity contribution in [3.8, 4) is 0 Å². The molecule has 6 rings (SSSR count). The molecule has 0 unspecified atom stereocenters. The first kappa shape index (κ1) is 22.2. The van der Waals surface area contributed by atoms with Crippen LogP contribution in [0.2, 0.25) is 0 Å². The number of fused-ring (bicyclic) bond motifs is 2. The van der Waals surface area contributed by atoms with Crippen molar-refractivity contribution in [2.24, 2.45) is 46.3 Å². The van der Waals surface area contributed by atoms with E-state index in [2.05, 4.69) is 65.8 Å². The van der Waals surface area contributed by atoms with Crippen LogP contribution in [0.5, 0.6) is 0 Å². The Balaban J connectivity index is 1.45. The van der Waals surface area contributed by atoms with Gasteiger partial charge >= 0.3 is 0 Å². The van der Waals surface area contributed by atoms with Gasteiger partial charge in [-0.3, -0.25) is 0 Å². The molecule has 3 saturated carbocycles. The highest BCUT2D eigenvalue weighted by molar-refractivity contribution is 5.33. The van der Waals surface area contributed by atoms with E-state index in [0.29, 0.717) is 41.9 Å². The van der Waals surface area contributed by atoms with Gasteiger partial charge in [0, 0.05) is 23.7 Å². The van der Waals surface area contributed by atoms with Crippen LogP contribution in [0, 0.1) is 46.3 Å². The number of hydrogen-bond donors (Lipinski definition) is 1. The lowest BCUT2D eigenvalue weighted by Crippen LogP contribution is -2.73. The molecule has 4 fully saturated rings. The number of aliphatic hydroxyl groups is 1. The van der Waals surface area contributed by atoms with Crippen molar-refractivity contribution in [3.63, 3.8) is 0 Å². The van der Waals surface area contributed by atoms with E-state index in [-0.39, 0.29) is 22.5 Å². The third-order valence-electron chi connectivity index (χ3n) is 11.1. The van der Waals surface area contributed by atoms with Crippen LogP contribution >= 0.6 is 0 Å². The van der Waals surface area contributed by atoms with Gasteiger partial charge in [0.25, 0.3) is 0 Å². The summed E-state index contributed by atoms with van der Waals surface area (Å²) in [4.78, 5) is 12.8. The summed E-state index contributed by atoms with van der Waals surface area (Å²) in [5.74, 6) is 3.64. The van der Waals surface area contributed by atoms with Gasteiger partial charge < -0.3 is 5.11 Å². The summed E-state index contributed by atoms with van der Waals surface area (Å²) in [6.45, 7) is 14.4. The Morgan fingerprint density at radius 1 is 0.903 bits per heavy atom. The minimum Gasteiger partial charge on any atom is -0.393 e. The first-order valence-electron chi connectivity index (χ1n) is 13.0. The maximum absolute atomic E-state index is 10.4. The smallest absolute Gasteiger partial charge is 0.130 e. The molecule has 0 amide bonds. The molecule has 3 heteroatoms. The Kier molecular flexibility index (Phi) is 5.13. The van der Waals surface area contributed by atoms with Crippen molar-refractivity contribution in [2.75, 3.05) is 0 Å². The van der Waals surface area contributed by atoms with Gasteiger partial charge in [0.05, 0.1) is 6.10 Å². The first-order chi connectivity index (χ1) is 14.6. The number of hydrogen-bond acceptors (Lipinski definition) is 3. The molecule has 3 nitrogen and oxygen atoms in total. The zero-order valence-electron chi connectivity index (χ0n) is 20.6. The van der Waals surface area contributed by atoms with Gasteiger partial charge in [0.1, 0.15) is 11.2 Å². The summed E-state index contributed by atoms with van der Waals surface area (Å²) in [7, 11) is 0. The van der Waals surface area contributed by atoms with Gasteiger partial charge in [0.15, 0.2) is 0 Å². The third kappa shape index (κ3) is 2.88. The fourth-order valence-electron chi connectivity index (χ4n) is 8.71. The molecule has 0 aromatic carbocycles. The predicted octanol–water partition coefficient (Wildman–Crippen LogP) is 6.47. The minimum atomic E-state index is -0.439. The van der Waals surface area contributed by atoms with Gasteiger partial charge in [0.2, 0.25) is 0 Å². The molecule has 31 heavy (non-hydrogen) atoms. The van der Waals surface area contributed by atoms with Gasteiger partial charge in [-0.25, -0.2) is 9.78 Å². The molecular weight excluding hydrogens is 384 g/mol. The molecule has 0 radical (unpaired) electrons. The Morgan fingerprint density at radius 2 is 1.68 bits per heavy atom. The Bertz CT molecular complexity index is 772. The van der Waals surface area contributed by atoms with Crippen LogP contribution in [0.3, 0.4) is 0 Å². The van der Waals surface area contributed by atoms with E-state index >= 15 is 0 Å². The maximum atomic E-state index is 10.4. The van der Waals surface area contributed by atoms with Crippen molar-refractivity contribution in [3.05, 3.63) is 24.3 Å². The molecule has 2 spiro atoms. The number of rotatable bonds is 4. The van der Waals surface area contributed by atoms with E-state index in [1.54, 1.807) is 0 Å². The second-order valence-corrected chi connectivity index (χ2v) is 12.7. The van der Waals surface area contributed by atoms with E-state index in [1.807, 2.05) is 0 Å². The van der Waals surface area contributed by atoms with Crippen molar-refractivity contribution < 1.29 is 14.9 Å². The lowest BCUT2D eigenvalue weighted by Gasteiger charge is -2.69. The zero-order chi connectivity index (χ0) is 22.2. The monoisotopic (exact) mass is 428 g/mol. The molecule has 174 valence electrons. The van der Waals surface area contributed by atoms with Gasteiger partial charge in [-0.05, 0) is 73.7 Å². The Hall–Kier alpha value is -0.640. The topological polar surface area (TPSA) is 38.7 Å². The van der Waals surface area contributed by atoms with E-state index < -0.39 is 5.60 Å². The van der Waals surface area contributed by atoms with E-state index in [0.717, 1.165) is 12.8 Å². The standard InChI is InChI=1S/C28H44O3/c1-18(2)19(3)7-8-20(4)22-9-10-23-25(22,5)13-12-24-26(6)14-11-21(29)17-27(26)15-16-28(23,24)31-30-27/h7-8,15-16,18-24,29H,9-14,17H2,1-6H3/b8-7-/t19-,20-,21-,22+,23+,24+,25+,26+,27+,28-/m0/s1. The Morgan fingerprint density at radius 3 is 2.35 bits per heavy atom. The molecule has 0 aromatic rings. The molecule has 2 bridgehead atoms. The highest BCUT2D eigenvalue weighted by atomic mass is 17.2. The summed E-state index contributed by atoms with van der Waals surface area (Å²) in [5.41, 5.74) is -0.366. The van der Waals surface area contributed by atoms with Crippen molar-refractivity contribution in [1.29, 1.82) is 0 Å². The molecular formula is C28H44O3. The molecule has 0 aromatic heterocycles. The number of aliphatic hydroxyl groups excluding tert-OH is 1. The average molecular weight is 429 g/mol. The quantitative estimate of drug-likeness (QED) is 0.412. The van der Waals surface area contributed by atoms with Gasteiger partial charge in [-0.15, -0.1) is 0 Å². The van der Waals surface area contributed by atoms with Crippen LogP contribution < -0.4 is 0 Å². The van der Waals surface area contributed by atoms with Crippen LogP contribution in [0.1, 0.15) is 86.5 Å². The second kappa shape index (κ2) is 7.18. The number of allylic oxidation sites excluding steroid dienone is 2. The molecule has 4 aliphatic carbocycles. The van der Waals surface area contributed by atoms with Crippen LogP contribution in [-0.2, 0) is 9.78 Å². The highest BCUT2D eigenvalue weighted by Crippen LogP contribution is 2.72. The van der Waals surface area contributed by atoms with E-state index in [1.165, 1.54) is 25.7 Å². The second-order valence-electron chi connectivity index (χ2n) is 12.7. The molecule has 10 atom stereocenters. The SMILES string of the molecule is CC(C)[C@@H](C)/C=C\[C@H](C)[C@H]1CC[C@@H]2[C@]1(C)CC[C@H]1[C@]23C=C[C@]2(C[C@@H](O)CC[C@]12C)OO3. The van der Waals surface area contributed by atoms with Gasteiger partial charge in [-0.2, -0.15) is 0 Å². The molecule has 2 heterocycles. The van der Waals surface area contributed by atoms with Crippen LogP contribution in [0.25, 0.3) is 0 Å². The lowest BCUT2D eigenvalue weighted by molar-refractivity contribution is -0.497. The maximum Gasteiger partial charge on any atom is 0.130 e. The fraction of sp³-hybridized carbons (Fsp3) is 0.857. The van der Waals surface area contributed by atoms with E-state index in [9.17, 15) is 5.11 Å². The molecule has 1 saturated heterocycles. The minimum absolute atomic E-state index is 0.0663. The average Bonchev–Trinajstić information content (AvgIpc) is 3.09.